The van der Waals surface area contributed by atoms with Gasteiger partial charge in [0.1, 0.15) is 0 Å². The summed E-state index contributed by atoms with van der Waals surface area (Å²) < 4.78 is 0. The summed E-state index contributed by atoms with van der Waals surface area (Å²) in [6.45, 7) is 0. The average molecular weight is 183 g/mol. The molecule has 1 saturated heterocycles. The van der Waals surface area contributed by atoms with Crippen LogP contribution >= 0.6 is 24.2 Å². The zero-order valence-corrected chi connectivity index (χ0v) is 7.21. The van der Waals surface area contributed by atoms with E-state index in [9.17, 15) is 4.79 Å². The van der Waals surface area contributed by atoms with Gasteiger partial charge in [0.15, 0.2) is 0 Å². The van der Waals surface area contributed by atoms with Crippen LogP contribution in [-0.4, -0.2) is 22.6 Å². The van der Waals surface area contributed by atoms with E-state index < -0.39 is 5.97 Å². The quantitative estimate of drug-likeness (QED) is 0.670. The molecule has 0 saturated carbocycles. The van der Waals surface area contributed by atoms with Gasteiger partial charge in [-0.25, -0.2) is 0 Å². The van der Waals surface area contributed by atoms with E-state index in [0.717, 1.165) is 24.3 Å². The highest BCUT2D eigenvalue weighted by molar-refractivity contribution is 7.99. The first-order valence-corrected chi connectivity index (χ1v) is 4.26. The van der Waals surface area contributed by atoms with Crippen molar-refractivity contribution in [2.24, 2.45) is 5.92 Å². The first-order chi connectivity index (χ1) is 4.30. The smallest absolute Gasteiger partial charge is 0.306 e. The molecule has 1 rings (SSSR count). The van der Waals surface area contributed by atoms with Gasteiger partial charge in [0, 0.05) is 0 Å². The van der Waals surface area contributed by atoms with Crippen LogP contribution in [0.15, 0.2) is 0 Å². The van der Waals surface area contributed by atoms with E-state index in [1.54, 1.807) is 0 Å². The van der Waals surface area contributed by atoms with Crippen molar-refractivity contribution < 1.29 is 9.90 Å². The fraction of sp³-hybridized carbons (Fsp3) is 0.833. The molecule has 0 aromatic carbocycles. The molecule has 60 valence electrons. The summed E-state index contributed by atoms with van der Waals surface area (Å²) in [6.07, 6.45) is 1.72. The second-order valence-corrected chi connectivity index (χ2v) is 3.45. The van der Waals surface area contributed by atoms with E-state index in [-0.39, 0.29) is 18.3 Å². The van der Waals surface area contributed by atoms with Gasteiger partial charge in [0.25, 0.3) is 0 Å². The first-order valence-electron chi connectivity index (χ1n) is 3.11. The minimum Gasteiger partial charge on any atom is -0.481 e. The van der Waals surface area contributed by atoms with Gasteiger partial charge in [-0.05, 0) is 24.3 Å². The van der Waals surface area contributed by atoms with Crippen LogP contribution < -0.4 is 0 Å². The number of aliphatic carboxylic acids is 1. The molecule has 1 fully saturated rings. The molecule has 0 spiro atoms. The lowest BCUT2D eigenvalue weighted by molar-refractivity contribution is -0.141. The third-order valence-electron chi connectivity index (χ3n) is 1.57. The first kappa shape index (κ1) is 10.1. The Morgan fingerprint density at radius 1 is 1.40 bits per heavy atom. The third-order valence-corrected chi connectivity index (χ3v) is 2.62. The lowest BCUT2D eigenvalue weighted by atomic mass is 10.0. The van der Waals surface area contributed by atoms with E-state index >= 15 is 0 Å². The van der Waals surface area contributed by atoms with Gasteiger partial charge in [-0.2, -0.15) is 11.8 Å². The normalized spacial score (nSPS) is 19.6. The molecule has 1 aliphatic heterocycles. The monoisotopic (exact) mass is 182 g/mol. The Hall–Kier alpha value is 0.110. The zero-order chi connectivity index (χ0) is 6.69. The fourth-order valence-electron chi connectivity index (χ4n) is 0.945. The summed E-state index contributed by atoms with van der Waals surface area (Å²) in [7, 11) is 0. The lowest BCUT2D eigenvalue weighted by Gasteiger charge is -2.16. The van der Waals surface area contributed by atoms with Crippen molar-refractivity contribution in [1.82, 2.24) is 0 Å². The maximum atomic E-state index is 10.3. The van der Waals surface area contributed by atoms with E-state index in [4.69, 9.17) is 5.11 Å². The Morgan fingerprint density at radius 2 is 1.90 bits per heavy atom. The van der Waals surface area contributed by atoms with Crippen LogP contribution in [0, 0.1) is 5.92 Å². The lowest BCUT2D eigenvalue weighted by Crippen LogP contribution is -2.18. The van der Waals surface area contributed by atoms with Gasteiger partial charge in [-0.1, -0.05) is 0 Å². The van der Waals surface area contributed by atoms with Crippen LogP contribution in [0.5, 0.6) is 0 Å². The largest absolute Gasteiger partial charge is 0.481 e. The molecule has 10 heavy (non-hydrogen) atoms. The molecule has 1 heterocycles. The second kappa shape index (κ2) is 4.85. The molecule has 0 aliphatic carbocycles. The second-order valence-electron chi connectivity index (χ2n) is 2.22. The molecule has 0 bridgehead atoms. The fourth-order valence-corrected chi connectivity index (χ4v) is 2.05. The molecule has 1 N–H and O–H groups in total. The topological polar surface area (TPSA) is 37.3 Å². The number of rotatable bonds is 1. The van der Waals surface area contributed by atoms with Crippen molar-refractivity contribution in [3.8, 4) is 0 Å². The predicted octanol–water partition coefficient (Wildman–Crippen LogP) is 1.64. The molecule has 2 nitrogen and oxygen atoms in total. The van der Waals surface area contributed by atoms with Gasteiger partial charge in [-0.3, -0.25) is 4.79 Å². The average Bonchev–Trinajstić information content (AvgIpc) is 1.90. The minimum atomic E-state index is -0.615. The zero-order valence-electron chi connectivity index (χ0n) is 5.58. The highest BCUT2D eigenvalue weighted by Crippen LogP contribution is 2.22. The van der Waals surface area contributed by atoms with Gasteiger partial charge < -0.3 is 5.11 Å². The van der Waals surface area contributed by atoms with E-state index in [0.29, 0.717) is 0 Å². The van der Waals surface area contributed by atoms with Crippen LogP contribution in [0.2, 0.25) is 0 Å². The Labute approximate surface area is 70.8 Å². The third kappa shape index (κ3) is 2.80. The van der Waals surface area contributed by atoms with Gasteiger partial charge in [0.2, 0.25) is 0 Å². The summed E-state index contributed by atoms with van der Waals surface area (Å²) in [4.78, 5) is 10.3. The van der Waals surface area contributed by atoms with Crippen LogP contribution in [0.3, 0.4) is 0 Å². The molecular formula is C6H11ClO2S. The summed E-state index contributed by atoms with van der Waals surface area (Å²) >= 11 is 1.85. The predicted molar refractivity (Wildman–Crippen MR) is 44.9 cm³/mol. The molecule has 0 aromatic rings. The number of carbonyl (C=O) groups is 1. The summed E-state index contributed by atoms with van der Waals surface area (Å²) in [5.41, 5.74) is 0. The Kier molecular flexibility index (Phi) is 4.91. The van der Waals surface area contributed by atoms with E-state index in [1.165, 1.54) is 0 Å². The molecular weight excluding hydrogens is 172 g/mol. The van der Waals surface area contributed by atoms with Crippen molar-refractivity contribution >= 4 is 30.1 Å². The number of hydrogen-bond donors (Lipinski definition) is 1. The molecule has 0 amide bonds. The summed E-state index contributed by atoms with van der Waals surface area (Å²) in [5, 5.41) is 8.53. The van der Waals surface area contributed by atoms with Crippen LogP contribution in [-0.2, 0) is 4.79 Å². The highest BCUT2D eigenvalue weighted by atomic mass is 35.5. The van der Waals surface area contributed by atoms with Crippen molar-refractivity contribution in [1.29, 1.82) is 0 Å². The summed E-state index contributed by atoms with van der Waals surface area (Å²) in [6, 6.07) is 0. The molecule has 0 unspecified atom stereocenters. The van der Waals surface area contributed by atoms with Gasteiger partial charge >= 0.3 is 5.97 Å². The number of thioether (sulfide) groups is 1. The number of halogens is 1. The Morgan fingerprint density at radius 3 is 2.20 bits per heavy atom. The van der Waals surface area contributed by atoms with Gasteiger partial charge in [-0.15, -0.1) is 12.4 Å². The molecule has 0 radical (unpaired) electrons. The SMILES string of the molecule is Cl.O=C(O)C1CCSCC1. The standard InChI is InChI=1S/C6H10O2S.ClH/c7-6(8)5-1-3-9-4-2-5;/h5H,1-4H2,(H,7,8);1H. The van der Waals surface area contributed by atoms with Crippen LogP contribution in [0.1, 0.15) is 12.8 Å². The van der Waals surface area contributed by atoms with E-state index in [2.05, 4.69) is 0 Å². The maximum absolute atomic E-state index is 10.3. The number of carboxylic acids is 1. The molecule has 1 aliphatic rings. The van der Waals surface area contributed by atoms with Crippen LogP contribution in [0.25, 0.3) is 0 Å². The van der Waals surface area contributed by atoms with Crippen LogP contribution in [0.4, 0.5) is 0 Å². The molecule has 0 atom stereocenters. The van der Waals surface area contributed by atoms with Crippen molar-refractivity contribution in [2.75, 3.05) is 11.5 Å². The minimum absolute atomic E-state index is 0. The van der Waals surface area contributed by atoms with Crippen molar-refractivity contribution in [2.45, 2.75) is 12.8 Å². The van der Waals surface area contributed by atoms with Crippen molar-refractivity contribution in [3.05, 3.63) is 0 Å². The number of hydrogen-bond acceptors (Lipinski definition) is 2. The van der Waals surface area contributed by atoms with E-state index in [1.807, 2.05) is 11.8 Å². The summed E-state index contributed by atoms with van der Waals surface area (Å²) in [5.74, 6) is 1.38. The van der Waals surface area contributed by atoms with Gasteiger partial charge in [0.05, 0.1) is 5.92 Å². The highest BCUT2D eigenvalue weighted by Gasteiger charge is 2.19. The maximum Gasteiger partial charge on any atom is 0.306 e. The number of carboxylic acid groups (broad SMARTS) is 1. The molecule has 0 aromatic heterocycles. The Balaban J connectivity index is 0.000000810. The Bertz CT molecular complexity index is 112. The van der Waals surface area contributed by atoms with Crippen molar-refractivity contribution in [3.63, 3.8) is 0 Å². The molecule has 4 heteroatoms.